The van der Waals surface area contributed by atoms with Gasteiger partial charge in [0, 0.05) is 25.6 Å². The Morgan fingerprint density at radius 1 is 1.29 bits per heavy atom. The normalized spacial score (nSPS) is 24.9. The van der Waals surface area contributed by atoms with Crippen LogP contribution >= 0.6 is 0 Å². The van der Waals surface area contributed by atoms with E-state index < -0.39 is 0 Å². The summed E-state index contributed by atoms with van der Waals surface area (Å²) in [6.07, 6.45) is 5.91. The van der Waals surface area contributed by atoms with Crippen molar-refractivity contribution in [3.8, 4) is 0 Å². The van der Waals surface area contributed by atoms with Gasteiger partial charge in [0.1, 0.15) is 0 Å². The van der Waals surface area contributed by atoms with E-state index in [0.717, 1.165) is 19.0 Å². The highest BCUT2D eigenvalue weighted by atomic mass is 16.1. The Morgan fingerprint density at radius 2 is 2.00 bits per heavy atom. The fraction of sp³-hybridized carbons (Fsp3) is 0.929. The molecule has 0 saturated heterocycles. The summed E-state index contributed by atoms with van der Waals surface area (Å²) in [6.45, 7) is 8.15. The van der Waals surface area contributed by atoms with Gasteiger partial charge in [0.15, 0.2) is 0 Å². The molecule has 2 N–H and O–H groups in total. The predicted octanol–water partition coefficient (Wildman–Crippen LogP) is 2.32. The van der Waals surface area contributed by atoms with Gasteiger partial charge in [-0.1, -0.05) is 33.6 Å². The van der Waals surface area contributed by atoms with Crippen molar-refractivity contribution in [2.24, 2.45) is 11.8 Å². The Balaban J connectivity index is 2.08. The molecule has 0 bridgehead atoms. The van der Waals surface area contributed by atoms with E-state index >= 15 is 0 Å². The highest BCUT2D eigenvalue weighted by Crippen LogP contribution is 2.23. The van der Waals surface area contributed by atoms with Gasteiger partial charge in [0.05, 0.1) is 0 Å². The van der Waals surface area contributed by atoms with Crippen molar-refractivity contribution in [3.63, 3.8) is 0 Å². The van der Waals surface area contributed by atoms with Gasteiger partial charge in [-0.15, -0.1) is 0 Å². The van der Waals surface area contributed by atoms with E-state index in [9.17, 15) is 4.79 Å². The molecule has 0 aromatic carbocycles. The average molecular weight is 240 g/mol. The fourth-order valence-corrected chi connectivity index (χ4v) is 2.40. The topological polar surface area (TPSA) is 41.1 Å². The lowest BCUT2D eigenvalue weighted by Gasteiger charge is -2.29. The first kappa shape index (κ1) is 14.5. The van der Waals surface area contributed by atoms with Crippen molar-refractivity contribution in [2.45, 2.75) is 58.9 Å². The van der Waals surface area contributed by atoms with Gasteiger partial charge >= 0.3 is 0 Å². The minimum Gasteiger partial charge on any atom is -0.356 e. The summed E-state index contributed by atoms with van der Waals surface area (Å²) in [7, 11) is 0. The van der Waals surface area contributed by atoms with E-state index in [0.29, 0.717) is 18.4 Å². The Morgan fingerprint density at radius 3 is 2.65 bits per heavy atom. The zero-order valence-corrected chi connectivity index (χ0v) is 11.6. The van der Waals surface area contributed by atoms with Crippen LogP contribution in [0.25, 0.3) is 0 Å². The van der Waals surface area contributed by atoms with Crippen LogP contribution in [0, 0.1) is 11.8 Å². The minimum absolute atomic E-state index is 0.176. The molecule has 1 rings (SSSR count). The first-order valence-electron chi connectivity index (χ1n) is 7.09. The largest absolute Gasteiger partial charge is 0.356 e. The summed E-state index contributed by atoms with van der Waals surface area (Å²) in [5.74, 6) is 1.47. The van der Waals surface area contributed by atoms with Crippen LogP contribution in [0.4, 0.5) is 0 Å². The molecule has 1 fully saturated rings. The van der Waals surface area contributed by atoms with Gasteiger partial charge in [0.25, 0.3) is 0 Å². The molecule has 0 heterocycles. The van der Waals surface area contributed by atoms with E-state index in [1.54, 1.807) is 0 Å². The molecule has 3 heteroatoms. The van der Waals surface area contributed by atoms with Gasteiger partial charge in [0.2, 0.25) is 5.91 Å². The number of rotatable bonds is 6. The molecule has 1 saturated carbocycles. The molecular weight excluding hydrogens is 212 g/mol. The number of carbonyl (C=O) groups excluding carboxylic acids is 1. The molecule has 1 aliphatic rings. The van der Waals surface area contributed by atoms with Crippen molar-refractivity contribution in [1.29, 1.82) is 0 Å². The van der Waals surface area contributed by atoms with Crippen molar-refractivity contribution < 1.29 is 4.79 Å². The van der Waals surface area contributed by atoms with Crippen molar-refractivity contribution in [3.05, 3.63) is 0 Å². The second-order valence-corrected chi connectivity index (χ2v) is 5.77. The van der Waals surface area contributed by atoms with Gasteiger partial charge in [-0.05, 0) is 24.7 Å². The predicted molar refractivity (Wildman–Crippen MR) is 71.9 cm³/mol. The maximum atomic E-state index is 11.5. The molecule has 1 amide bonds. The Labute approximate surface area is 106 Å². The lowest BCUT2D eigenvalue weighted by molar-refractivity contribution is -0.121. The summed E-state index contributed by atoms with van der Waals surface area (Å²) >= 11 is 0. The van der Waals surface area contributed by atoms with E-state index in [1.807, 2.05) is 0 Å². The minimum atomic E-state index is 0.176. The fourth-order valence-electron chi connectivity index (χ4n) is 2.40. The molecule has 17 heavy (non-hydrogen) atoms. The Bertz CT molecular complexity index is 228. The van der Waals surface area contributed by atoms with E-state index in [-0.39, 0.29) is 5.91 Å². The van der Waals surface area contributed by atoms with Crippen LogP contribution in [0.5, 0.6) is 0 Å². The van der Waals surface area contributed by atoms with Gasteiger partial charge < -0.3 is 10.6 Å². The average Bonchev–Trinajstić information content (AvgIpc) is 2.29. The van der Waals surface area contributed by atoms with Gasteiger partial charge in [-0.3, -0.25) is 4.79 Å². The highest BCUT2D eigenvalue weighted by molar-refractivity contribution is 5.76. The lowest BCUT2D eigenvalue weighted by atomic mass is 9.86. The number of hydrogen-bond acceptors (Lipinski definition) is 2. The zero-order valence-electron chi connectivity index (χ0n) is 11.6. The SMILES string of the molecule is CC(C)CNC(=O)CCNC1CCCCC1C. The molecule has 0 radical (unpaired) electrons. The van der Waals surface area contributed by atoms with Crippen LogP contribution in [0.1, 0.15) is 52.9 Å². The Kier molecular flexibility index (Phi) is 6.56. The van der Waals surface area contributed by atoms with Gasteiger partial charge in [-0.25, -0.2) is 0 Å². The van der Waals surface area contributed by atoms with Crippen molar-refractivity contribution in [1.82, 2.24) is 10.6 Å². The summed E-state index contributed by atoms with van der Waals surface area (Å²) in [5.41, 5.74) is 0. The molecule has 2 unspecified atom stereocenters. The molecule has 0 aromatic rings. The van der Waals surface area contributed by atoms with Crippen LogP contribution in [0.15, 0.2) is 0 Å². The molecule has 2 atom stereocenters. The maximum Gasteiger partial charge on any atom is 0.221 e. The number of nitrogens with one attached hydrogen (secondary N) is 2. The monoisotopic (exact) mass is 240 g/mol. The molecule has 100 valence electrons. The zero-order chi connectivity index (χ0) is 12.7. The summed E-state index contributed by atoms with van der Waals surface area (Å²) in [4.78, 5) is 11.5. The molecule has 3 nitrogen and oxygen atoms in total. The van der Waals surface area contributed by atoms with E-state index in [4.69, 9.17) is 0 Å². The molecule has 0 aliphatic heterocycles. The number of carbonyl (C=O) groups is 1. The van der Waals surface area contributed by atoms with E-state index in [2.05, 4.69) is 31.4 Å². The second-order valence-electron chi connectivity index (χ2n) is 5.77. The van der Waals surface area contributed by atoms with Crippen LogP contribution in [0.3, 0.4) is 0 Å². The quantitative estimate of drug-likeness (QED) is 0.748. The summed E-state index contributed by atoms with van der Waals surface area (Å²) in [5, 5.41) is 6.48. The maximum absolute atomic E-state index is 11.5. The molecular formula is C14H28N2O. The van der Waals surface area contributed by atoms with Crippen LogP contribution in [-0.4, -0.2) is 25.0 Å². The summed E-state index contributed by atoms with van der Waals surface area (Å²) < 4.78 is 0. The smallest absolute Gasteiger partial charge is 0.221 e. The van der Waals surface area contributed by atoms with Crippen LogP contribution in [0.2, 0.25) is 0 Å². The van der Waals surface area contributed by atoms with Crippen molar-refractivity contribution >= 4 is 5.91 Å². The standard InChI is InChI=1S/C14H28N2O/c1-11(2)10-16-14(17)8-9-15-13-7-5-4-6-12(13)3/h11-13,15H,4-10H2,1-3H3,(H,16,17). The lowest BCUT2D eigenvalue weighted by Crippen LogP contribution is -2.39. The first-order valence-corrected chi connectivity index (χ1v) is 7.09. The molecule has 1 aliphatic carbocycles. The van der Waals surface area contributed by atoms with E-state index in [1.165, 1.54) is 25.7 Å². The molecule has 0 spiro atoms. The third-order valence-electron chi connectivity index (χ3n) is 3.58. The third-order valence-corrected chi connectivity index (χ3v) is 3.58. The number of amides is 1. The second kappa shape index (κ2) is 7.70. The first-order chi connectivity index (χ1) is 8.09. The van der Waals surface area contributed by atoms with Gasteiger partial charge in [-0.2, -0.15) is 0 Å². The van der Waals surface area contributed by atoms with Crippen molar-refractivity contribution in [2.75, 3.05) is 13.1 Å². The number of hydrogen-bond donors (Lipinski definition) is 2. The van der Waals surface area contributed by atoms with Crippen LogP contribution < -0.4 is 10.6 Å². The third kappa shape index (κ3) is 6.06. The molecule has 0 aromatic heterocycles. The highest BCUT2D eigenvalue weighted by Gasteiger charge is 2.20. The Hall–Kier alpha value is -0.570. The van der Waals surface area contributed by atoms with Crippen LogP contribution in [-0.2, 0) is 4.79 Å². The summed E-state index contributed by atoms with van der Waals surface area (Å²) in [6, 6.07) is 0.627.